The SMILES string of the molecule is COc1cc(Cn2cccn2)cc2oncc12. The minimum Gasteiger partial charge on any atom is -0.496 e. The molecule has 0 atom stereocenters. The molecule has 17 heavy (non-hydrogen) atoms. The number of aromatic nitrogens is 3. The number of methoxy groups -OCH3 is 1. The van der Waals surface area contributed by atoms with E-state index in [0.29, 0.717) is 6.54 Å². The van der Waals surface area contributed by atoms with Crippen molar-refractivity contribution in [2.45, 2.75) is 6.54 Å². The van der Waals surface area contributed by atoms with Gasteiger partial charge in [-0.1, -0.05) is 5.16 Å². The maximum atomic E-state index is 5.32. The molecule has 5 heteroatoms. The maximum absolute atomic E-state index is 5.32. The average molecular weight is 229 g/mol. The number of rotatable bonds is 3. The number of hydrogen-bond acceptors (Lipinski definition) is 4. The van der Waals surface area contributed by atoms with Crippen molar-refractivity contribution in [2.75, 3.05) is 7.11 Å². The molecule has 2 aromatic heterocycles. The quantitative estimate of drug-likeness (QED) is 0.690. The van der Waals surface area contributed by atoms with Crippen molar-refractivity contribution < 1.29 is 9.26 Å². The van der Waals surface area contributed by atoms with Gasteiger partial charge < -0.3 is 9.26 Å². The van der Waals surface area contributed by atoms with E-state index in [4.69, 9.17) is 9.26 Å². The van der Waals surface area contributed by atoms with Gasteiger partial charge in [-0.2, -0.15) is 5.10 Å². The van der Waals surface area contributed by atoms with Crippen molar-refractivity contribution in [1.82, 2.24) is 14.9 Å². The molecular weight excluding hydrogens is 218 g/mol. The van der Waals surface area contributed by atoms with Gasteiger partial charge >= 0.3 is 0 Å². The largest absolute Gasteiger partial charge is 0.496 e. The van der Waals surface area contributed by atoms with Crippen LogP contribution >= 0.6 is 0 Å². The first kappa shape index (κ1) is 9.89. The van der Waals surface area contributed by atoms with E-state index < -0.39 is 0 Å². The highest BCUT2D eigenvalue weighted by atomic mass is 16.5. The van der Waals surface area contributed by atoms with Crippen molar-refractivity contribution in [3.05, 3.63) is 42.4 Å². The second-order valence-electron chi connectivity index (χ2n) is 3.74. The van der Waals surface area contributed by atoms with E-state index in [1.807, 2.05) is 29.1 Å². The number of hydrogen-bond donors (Lipinski definition) is 0. The summed E-state index contributed by atoms with van der Waals surface area (Å²) in [5.74, 6) is 0.769. The Bertz CT molecular complexity index is 628. The lowest BCUT2D eigenvalue weighted by Crippen LogP contribution is -2.00. The van der Waals surface area contributed by atoms with Crippen LogP contribution in [0.3, 0.4) is 0 Å². The van der Waals surface area contributed by atoms with Gasteiger partial charge in [0, 0.05) is 12.4 Å². The fourth-order valence-corrected chi connectivity index (χ4v) is 1.84. The van der Waals surface area contributed by atoms with Crippen LogP contribution in [0.2, 0.25) is 0 Å². The van der Waals surface area contributed by atoms with Crippen LogP contribution in [0.25, 0.3) is 11.0 Å². The summed E-state index contributed by atoms with van der Waals surface area (Å²) in [4.78, 5) is 0. The van der Waals surface area contributed by atoms with Gasteiger partial charge in [0.05, 0.1) is 25.2 Å². The second kappa shape index (κ2) is 3.93. The van der Waals surface area contributed by atoms with Crippen molar-refractivity contribution in [3.8, 4) is 5.75 Å². The molecule has 0 spiro atoms. The Balaban J connectivity index is 2.04. The van der Waals surface area contributed by atoms with E-state index in [9.17, 15) is 0 Å². The third-order valence-electron chi connectivity index (χ3n) is 2.62. The molecule has 0 N–H and O–H groups in total. The molecule has 86 valence electrons. The molecule has 0 aliphatic heterocycles. The summed E-state index contributed by atoms with van der Waals surface area (Å²) < 4.78 is 12.3. The molecule has 3 rings (SSSR count). The summed E-state index contributed by atoms with van der Waals surface area (Å²) in [6, 6.07) is 5.82. The highest BCUT2D eigenvalue weighted by molar-refractivity contribution is 5.83. The first-order valence-electron chi connectivity index (χ1n) is 5.25. The van der Waals surface area contributed by atoms with Crippen molar-refractivity contribution in [1.29, 1.82) is 0 Å². The third-order valence-corrected chi connectivity index (χ3v) is 2.62. The zero-order valence-corrected chi connectivity index (χ0v) is 9.33. The normalized spacial score (nSPS) is 10.9. The lowest BCUT2D eigenvalue weighted by atomic mass is 10.1. The van der Waals surface area contributed by atoms with Gasteiger partial charge in [-0.3, -0.25) is 4.68 Å². The Labute approximate surface area is 97.6 Å². The molecule has 5 nitrogen and oxygen atoms in total. The predicted octanol–water partition coefficient (Wildman–Crippen LogP) is 2.08. The van der Waals surface area contributed by atoms with E-state index in [1.54, 1.807) is 19.5 Å². The summed E-state index contributed by atoms with van der Waals surface area (Å²) in [5.41, 5.74) is 1.79. The smallest absolute Gasteiger partial charge is 0.170 e. The zero-order valence-electron chi connectivity index (χ0n) is 9.33. The van der Waals surface area contributed by atoms with E-state index in [0.717, 1.165) is 22.3 Å². The maximum Gasteiger partial charge on any atom is 0.170 e. The molecule has 1 aromatic carbocycles. The van der Waals surface area contributed by atoms with E-state index >= 15 is 0 Å². The van der Waals surface area contributed by atoms with Crippen LogP contribution in [-0.4, -0.2) is 22.0 Å². The molecule has 0 radical (unpaired) electrons. The third kappa shape index (κ3) is 1.75. The molecule has 2 heterocycles. The molecule has 0 unspecified atom stereocenters. The molecule has 0 saturated heterocycles. The van der Waals surface area contributed by atoms with Crippen molar-refractivity contribution >= 4 is 11.0 Å². The monoisotopic (exact) mass is 229 g/mol. The molecule has 0 aliphatic carbocycles. The van der Waals surface area contributed by atoms with Gasteiger partial charge in [-0.05, 0) is 23.8 Å². The van der Waals surface area contributed by atoms with Crippen LogP contribution in [0.1, 0.15) is 5.56 Å². The summed E-state index contributed by atoms with van der Waals surface area (Å²) in [5, 5.41) is 8.82. The minimum atomic E-state index is 0.681. The van der Waals surface area contributed by atoms with Gasteiger partial charge in [-0.15, -0.1) is 0 Å². The van der Waals surface area contributed by atoms with Gasteiger partial charge in [-0.25, -0.2) is 0 Å². The van der Waals surface area contributed by atoms with Gasteiger partial charge in [0.15, 0.2) is 5.58 Å². The first-order chi connectivity index (χ1) is 8.36. The molecule has 0 aliphatic rings. The summed E-state index contributed by atoms with van der Waals surface area (Å²) in [6.45, 7) is 0.681. The van der Waals surface area contributed by atoms with E-state index in [2.05, 4.69) is 10.3 Å². The fourth-order valence-electron chi connectivity index (χ4n) is 1.84. The molecular formula is C12H11N3O2. The second-order valence-corrected chi connectivity index (χ2v) is 3.74. The summed E-state index contributed by atoms with van der Waals surface area (Å²) in [6.07, 6.45) is 5.33. The van der Waals surface area contributed by atoms with Crippen molar-refractivity contribution in [2.24, 2.45) is 0 Å². The highest BCUT2D eigenvalue weighted by Gasteiger charge is 2.08. The van der Waals surface area contributed by atoms with Gasteiger partial charge in [0.2, 0.25) is 0 Å². The van der Waals surface area contributed by atoms with Crippen LogP contribution < -0.4 is 4.74 Å². The van der Waals surface area contributed by atoms with E-state index in [-0.39, 0.29) is 0 Å². The summed E-state index contributed by atoms with van der Waals surface area (Å²) in [7, 11) is 1.64. The zero-order chi connectivity index (χ0) is 11.7. The number of ether oxygens (including phenoxy) is 1. The van der Waals surface area contributed by atoms with Crippen molar-refractivity contribution in [3.63, 3.8) is 0 Å². The van der Waals surface area contributed by atoms with Crippen LogP contribution in [0.4, 0.5) is 0 Å². The molecule has 0 fully saturated rings. The Hall–Kier alpha value is -2.30. The van der Waals surface area contributed by atoms with Crippen LogP contribution in [0, 0.1) is 0 Å². The average Bonchev–Trinajstić information content (AvgIpc) is 2.98. The van der Waals surface area contributed by atoms with Crippen LogP contribution in [0.15, 0.2) is 41.3 Å². The Morgan fingerprint density at radius 1 is 1.41 bits per heavy atom. The topological polar surface area (TPSA) is 53.1 Å². The molecule has 0 bridgehead atoms. The lowest BCUT2D eigenvalue weighted by molar-refractivity contribution is 0.418. The lowest BCUT2D eigenvalue weighted by Gasteiger charge is -2.05. The van der Waals surface area contributed by atoms with Crippen LogP contribution in [0.5, 0.6) is 5.75 Å². The Kier molecular flexibility index (Phi) is 2.29. The van der Waals surface area contributed by atoms with Crippen LogP contribution in [-0.2, 0) is 6.54 Å². The molecule has 0 amide bonds. The summed E-state index contributed by atoms with van der Waals surface area (Å²) >= 11 is 0. The Morgan fingerprint density at radius 2 is 2.35 bits per heavy atom. The predicted molar refractivity (Wildman–Crippen MR) is 61.9 cm³/mol. The first-order valence-corrected chi connectivity index (χ1v) is 5.25. The molecule has 0 saturated carbocycles. The highest BCUT2D eigenvalue weighted by Crippen LogP contribution is 2.27. The number of benzene rings is 1. The fraction of sp³-hybridized carbons (Fsp3) is 0.167. The molecule has 3 aromatic rings. The number of fused-ring (bicyclic) bond motifs is 1. The Morgan fingerprint density at radius 3 is 3.12 bits per heavy atom. The van der Waals surface area contributed by atoms with E-state index in [1.165, 1.54) is 0 Å². The number of nitrogens with zero attached hydrogens (tertiary/aromatic N) is 3. The van der Waals surface area contributed by atoms with Gasteiger partial charge in [0.25, 0.3) is 0 Å². The standard InChI is InChI=1S/C12H11N3O2/c1-16-11-5-9(8-15-4-2-3-13-15)6-12-10(11)7-14-17-12/h2-7H,8H2,1H3. The van der Waals surface area contributed by atoms with Gasteiger partial charge in [0.1, 0.15) is 5.75 Å². The minimum absolute atomic E-state index is 0.681.